The van der Waals surface area contributed by atoms with Crippen molar-refractivity contribution >= 4 is 44.1 Å². The molecule has 1 aromatic carbocycles. The van der Waals surface area contributed by atoms with Crippen molar-refractivity contribution in [2.75, 3.05) is 5.32 Å². The highest BCUT2D eigenvalue weighted by atomic mass is 79.9. The number of anilines is 1. The summed E-state index contributed by atoms with van der Waals surface area (Å²) in [5.41, 5.74) is 3.18. The fraction of sp³-hybridized carbons (Fsp3) is 0.0714. The molecule has 0 aliphatic heterocycles. The van der Waals surface area contributed by atoms with Crippen LogP contribution in [0.3, 0.4) is 0 Å². The summed E-state index contributed by atoms with van der Waals surface area (Å²) in [6.45, 7) is 0.701. The van der Waals surface area contributed by atoms with Gasteiger partial charge in [0.1, 0.15) is 0 Å². The van der Waals surface area contributed by atoms with Crippen LogP contribution in [0.4, 0.5) is 5.69 Å². The van der Waals surface area contributed by atoms with Gasteiger partial charge in [0.2, 0.25) is 0 Å². The average molecular weight is 337 g/mol. The Morgan fingerprint density at radius 1 is 1.32 bits per heavy atom. The van der Waals surface area contributed by atoms with Crippen molar-refractivity contribution < 1.29 is 0 Å². The Balaban J connectivity index is 1.86. The van der Waals surface area contributed by atoms with Gasteiger partial charge >= 0.3 is 0 Å². The van der Waals surface area contributed by atoms with Crippen molar-refractivity contribution in [2.45, 2.75) is 6.54 Å². The van der Waals surface area contributed by atoms with E-state index in [0.717, 1.165) is 15.7 Å². The van der Waals surface area contributed by atoms with Crippen LogP contribution in [0, 0.1) is 0 Å². The molecule has 0 fully saturated rings. The number of aromatic amines is 1. The summed E-state index contributed by atoms with van der Waals surface area (Å²) >= 11 is 9.45. The number of halogens is 2. The van der Waals surface area contributed by atoms with Gasteiger partial charge in [-0.05, 0) is 39.7 Å². The molecule has 3 nitrogen and oxygen atoms in total. The standard InChI is InChI=1S/C14H11BrClN3/c15-10-6-13(14(16)19-8-10)18-7-9-2-1-3-12-11(9)4-5-17-12/h1-6,8,17-18H,7H2. The molecule has 0 spiro atoms. The number of nitrogens with one attached hydrogen (secondary N) is 2. The highest BCUT2D eigenvalue weighted by Gasteiger charge is 2.05. The van der Waals surface area contributed by atoms with E-state index >= 15 is 0 Å². The Morgan fingerprint density at radius 2 is 2.21 bits per heavy atom. The van der Waals surface area contributed by atoms with Gasteiger partial charge in [-0.25, -0.2) is 4.98 Å². The molecule has 0 aliphatic rings. The number of aromatic nitrogens is 2. The largest absolute Gasteiger partial charge is 0.378 e. The highest BCUT2D eigenvalue weighted by molar-refractivity contribution is 9.10. The Hall–Kier alpha value is -1.52. The number of hydrogen-bond donors (Lipinski definition) is 2. The number of rotatable bonds is 3. The molecule has 2 aromatic heterocycles. The van der Waals surface area contributed by atoms with Gasteiger partial charge < -0.3 is 10.3 Å². The van der Waals surface area contributed by atoms with Gasteiger partial charge in [-0.1, -0.05) is 23.7 Å². The minimum atomic E-state index is 0.476. The van der Waals surface area contributed by atoms with Crippen LogP contribution in [0.1, 0.15) is 5.56 Å². The van der Waals surface area contributed by atoms with Gasteiger partial charge in [-0.3, -0.25) is 0 Å². The van der Waals surface area contributed by atoms with Crippen LogP contribution in [0.2, 0.25) is 5.15 Å². The van der Waals surface area contributed by atoms with Crippen LogP contribution in [0.15, 0.2) is 47.2 Å². The molecule has 0 unspecified atom stereocenters. The van der Waals surface area contributed by atoms with E-state index in [4.69, 9.17) is 11.6 Å². The summed E-state index contributed by atoms with van der Waals surface area (Å²) in [6, 6.07) is 10.2. The number of nitrogens with zero attached hydrogens (tertiary/aromatic N) is 1. The Morgan fingerprint density at radius 3 is 3.11 bits per heavy atom. The molecule has 0 bridgehead atoms. The summed E-state index contributed by atoms with van der Waals surface area (Å²) in [6.07, 6.45) is 3.63. The Bertz CT molecular complexity index is 724. The predicted molar refractivity (Wildman–Crippen MR) is 82.6 cm³/mol. The number of benzene rings is 1. The molecule has 96 valence electrons. The van der Waals surface area contributed by atoms with E-state index in [1.165, 1.54) is 10.9 Å². The van der Waals surface area contributed by atoms with E-state index in [1.54, 1.807) is 6.20 Å². The zero-order valence-electron chi connectivity index (χ0n) is 9.95. The van der Waals surface area contributed by atoms with Crippen molar-refractivity contribution in [1.29, 1.82) is 0 Å². The van der Waals surface area contributed by atoms with E-state index in [2.05, 4.69) is 49.4 Å². The maximum absolute atomic E-state index is 6.06. The maximum Gasteiger partial charge on any atom is 0.152 e. The molecular formula is C14H11BrClN3. The molecule has 0 amide bonds. The summed E-state index contributed by atoms with van der Waals surface area (Å²) in [4.78, 5) is 7.30. The summed E-state index contributed by atoms with van der Waals surface area (Å²) < 4.78 is 0.902. The van der Waals surface area contributed by atoms with Gasteiger partial charge in [-0.2, -0.15) is 0 Å². The molecular weight excluding hydrogens is 326 g/mol. The van der Waals surface area contributed by atoms with Crippen molar-refractivity contribution in [3.8, 4) is 0 Å². The molecule has 3 aromatic rings. The zero-order valence-corrected chi connectivity index (χ0v) is 12.3. The third-order valence-corrected chi connectivity index (χ3v) is 3.70. The second-order valence-corrected chi connectivity index (χ2v) is 5.48. The van der Waals surface area contributed by atoms with E-state index in [0.29, 0.717) is 11.7 Å². The van der Waals surface area contributed by atoms with Crippen molar-refractivity contribution in [3.05, 3.63) is 57.9 Å². The first-order valence-electron chi connectivity index (χ1n) is 5.84. The van der Waals surface area contributed by atoms with Crippen LogP contribution >= 0.6 is 27.5 Å². The van der Waals surface area contributed by atoms with Crippen LogP contribution in [0.5, 0.6) is 0 Å². The lowest BCUT2D eigenvalue weighted by atomic mass is 10.1. The molecule has 0 saturated heterocycles. The topological polar surface area (TPSA) is 40.7 Å². The smallest absolute Gasteiger partial charge is 0.152 e. The molecule has 2 N–H and O–H groups in total. The second kappa shape index (κ2) is 5.23. The number of fused-ring (bicyclic) bond motifs is 1. The minimum absolute atomic E-state index is 0.476. The monoisotopic (exact) mass is 335 g/mol. The van der Waals surface area contributed by atoms with Gasteiger partial charge in [0.05, 0.1) is 5.69 Å². The van der Waals surface area contributed by atoms with Gasteiger partial charge in [0, 0.05) is 34.3 Å². The molecule has 0 aliphatic carbocycles. The lowest BCUT2D eigenvalue weighted by molar-refractivity contribution is 1.15. The van der Waals surface area contributed by atoms with Crippen LogP contribution in [-0.4, -0.2) is 9.97 Å². The lowest BCUT2D eigenvalue weighted by Crippen LogP contribution is -2.01. The Labute approximate surface area is 124 Å². The molecule has 0 saturated carbocycles. The van der Waals surface area contributed by atoms with Crippen LogP contribution in [-0.2, 0) is 6.54 Å². The first kappa shape index (κ1) is 12.5. The second-order valence-electron chi connectivity index (χ2n) is 4.20. The first-order valence-corrected chi connectivity index (χ1v) is 7.01. The Kier molecular flexibility index (Phi) is 3.44. The van der Waals surface area contributed by atoms with Gasteiger partial charge in [0.15, 0.2) is 5.15 Å². The molecule has 3 rings (SSSR count). The molecule has 5 heteroatoms. The van der Waals surface area contributed by atoms with Crippen molar-refractivity contribution in [3.63, 3.8) is 0 Å². The number of pyridine rings is 1. The minimum Gasteiger partial charge on any atom is -0.378 e. The van der Waals surface area contributed by atoms with Gasteiger partial charge in [0.25, 0.3) is 0 Å². The SMILES string of the molecule is Clc1ncc(Br)cc1NCc1cccc2[nH]ccc12. The summed E-state index contributed by atoms with van der Waals surface area (Å²) in [5, 5.41) is 5.01. The molecule has 19 heavy (non-hydrogen) atoms. The van der Waals surface area contributed by atoms with Crippen molar-refractivity contribution in [1.82, 2.24) is 9.97 Å². The molecule has 0 radical (unpaired) electrons. The fourth-order valence-corrected chi connectivity index (χ4v) is 2.54. The van der Waals surface area contributed by atoms with Crippen molar-refractivity contribution in [2.24, 2.45) is 0 Å². The van der Waals surface area contributed by atoms with E-state index in [9.17, 15) is 0 Å². The fourth-order valence-electron chi connectivity index (χ4n) is 2.04. The zero-order chi connectivity index (χ0) is 13.2. The third kappa shape index (κ3) is 2.60. The number of hydrogen-bond acceptors (Lipinski definition) is 2. The lowest BCUT2D eigenvalue weighted by Gasteiger charge is -2.09. The summed E-state index contributed by atoms with van der Waals surface area (Å²) in [7, 11) is 0. The number of H-pyrrole nitrogens is 1. The third-order valence-electron chi connectivity index (χ3n) is 2.96. The van der Waals surface area contributed by atoms with Crippen LogP contribution in [0.25, 0.3) is 10.9 Å². The van der Waals surface area contributed by atoms with Gasteiger partial charge in [-0.15, -0.1) is 0 Å². The quantitative estimate of drug-likeness (QED) is 0.687. The van der Waals surface area contributed by atoms with E-state index in [-0.39, 0.29) is 0 Å². The average Bonchev–Trinajstić information content (AvgIpc) is 2.88. The normalized spacial score (nSPS) is 10.8. The highest BCUT2D eigenvalue weighted by Crippen LogP contribution is 2.24. The van der Waals surface area contributed by atoms with E-state index in [1.807, 2.05) is 18.3 Å². The maximum atomic E-state index is 6.06. The molecule has 0 atom stereocenters. The van der Waals surface area contributed by atoms with Crippen LogP contribution < -0.4 is 5.32 Å². The molecule has 2 heterocycles. The van der Waals surface area contributed by atoms with E-state index < -0.39 is 0 Å². The first-order chi connectivity index (χ1) is 9.24. The summed E-state index contributed by atoms with van der Waals surface area (Å²) in [5.74, 6) is 0. The predicted octanol–water partition coefficient (Wildman–Crippen LogP) is 4.59.